The normalized spacial score (nSPS) is 15.8. The van der Waals surface area contributed by atoms with E-state index in [1.807, 2.05) is 31.2 Å². The van der Waals surface area contributed by atoms with Crippen LogP contribution in [0.15, 0.2) is 41.5 Å². The summed E-state index contributed by atoms with van der Waals surface area (Å²) in [4.78, 5) is 12.1. The van der Waals surface area contributed by atoms with Crippen LogP contribution in [-0.4, -0.2) is 38.1 Å². The Bertz CT molecular complexity index is 851. The summed E-state index contributed by atoms with van der Waals surface area (Å²) in [5, 5.41) is 5.69. The van der Waals surface area contributed by atoms with Gasteiger partial charge in [0.2, 0.25) is 23.8 Å². The first-order chi connectivity index (χ1) is 13.0. The van der Waals surface area contributed by atoms with E-state index >= 15 is 0 Å². The van der Waals surface area contributed by atoms with Gasteiger partial charge in [0.15, 0.2) is 11.5 Å². The molecule has 7 heteroatoms. The molecule has 0 unspecified atom stereocenters. The molecular formula is C20H22N2O5. The van der Waals surface area contributed by atoms with Crippen LogP contribution >= 0.6 is 0 Å². The molecule has 27 heavy (non-hydrogen) atoms. The number of carbonyl (C=O) groups excluding carboxylic acids is 1. The highest BCUT2D eigenvalue weighted by Gasteiger charge is 2.33. The van der Waals surface area contributed by atoms with Crippen LogP contribution < -0.4 is 14.2 Å². The molecule has 1 amide bonds. The van der Waals surface area contributed by atoms with Gasteiger partial charge in [-0.05, 0) is 19.1 Å². The number of ether oxygens (including phenoxy) is 4. The van der Waals surface area contributed by atoms with E-state index in [0.717, 1.165) is 11.1 Å². The predicted molar refractivity (Wildman–Crippen MR) is 100 cm³/mol. The molecule has 1 heterocycles. The minimum absolute atomic E-state index is 0.219. The van der Waals surface area contributed by atoms with Gasteiger partial charge < -0.3 is 18.9 Å². The highest BCUT2D eigenvalue weighted by Crippen LogP contribution is 2.40. The lowest BCUT2D eigenvalue weighted by molar-refractivity contribution is -0.135. The lowest BCUT2D eigenvalue weighted by atomic mass is 10.1. The monoisotopic (exact) mass is 370 g/mol. The Morgan fingerprint density at radius 3 is 2.11 bits per heavy atom. The molecule has 0 saturated heterocycles. The number of hydrazone groups is 1. The summed E-state index contributed by atoms with van der Waals surface area (Å²) >= 11 is 0. The first-order valence-electron chi connectivity index (χ1n) is 8.40. The summed E-state index contributed by atoms with van der Waals surface area (Å²) in [5.41, 5.74) is 2.57. The van der Waals surface area contributed by atoms with Gasteiger partial charge in [0, 0.05) is 18.1 Å². The molecule has 0 spiro atoms. The van der Waals surface area contributed by atoms with Gasteiger partial charge in [-0.1, -0.05) is 29.8 Å². The van der Waals surface area contributed by atoms with Crippen molar-refractivity contribution in [2.75, 3.05) is 21.3 Å². The maximum Gasteiger partial charge on any atom is 0.243 e. The number of nitrogens with zero attached hydrogens (tertiary/aromatic N) is 2. The molecule has 7 nitrogen and oxygen atoms in total. The standard InChI is InChI=1S/C20H22N2O5/c1-12-6-8-14(9-7-12)20-22(13(2)23)21-19(27-20)15-10-16(24-3)18(26-5)17(11-15)25-4/h6-11,20H,1-5H3/t20-/m1/s1. The molecule has 2 aromatic rings. The van der Waals surface area contributed by atoms with E-state index in [0.29, 0.717) is 28.7 Å². The fraction of sp³-hybridized carbons (Fsp3) is 0.300. The molecule has 1 aliphatic heterocycles. The van der Waals surface area contributed by atoms with Gasteiger partial charge in [-0.3, -0.25) is 4.79 Å². The van der Waals surface area contributed by atoms with Crippen molar-refractivity contribution >= 4 is 11.8 Å². The maximum atomic E-state index is 12.1. The average Bonchev–Trinajstić information content (AvgIpc) is 3.13. The smallest absolute Gasteiger partial charge is 0.243 e. The van der Waals surface area contributed by atoms with Crippen LogP contribution in [0.25, 0.3) is 0 Å². The summed E-state index contributed by atoms with van der Waals surface area (Å²) in [6, 6.07) is 11.2. The van der Waals surface area contributed by atoms with Gasteiger partial charge in [0.05, 0.1) is 21.3 Å². The second-order valence-electron chi connectivity index (χ2n) is 6.06. The number of hydrogen-bond acceptors (Lipinski definition) is 6. The van der Waals surface area contributed by atoms with Crippen molar-refractivity contribution < 1.29 is 23.7 Å². The van der Waals surface area contributed by atoms with E-state index in [4.69, 9.17) is 18.9 Å². The Balaban J connectivity index is 2.01. The molecule has 142 valence electrons. The molecule has 0 aromatic heterocycles. The van der Waals surface area contributed by atoms with Crippen LogP contribution in [0.3, 0.4) is 0 Å². The maximum absolute atomic E-state index is 12.1. The summed E-state index contributed by atoms with van der Waals surface area (Å²) < 4.78 is 22.1. The lowest BCUT2D eigenvalue weighted by Crippen LogP contribution is -2.25. The fourth-order valence-corrected chi connectivity index (χ4v) is 2.84. The van der Waals surface area contributed by atoms with Crippen molar-refractivity contribution in [2.24, 2.45) is 5.10 Å². The van der Waals surface area contributed by atoms with Crippen molar-refractivity contribution in [2.45, 2.75) is 20.1 Å². The van der Waals surface area contributed by atoms with Gasteiger partial charge in [-0.25, -0.2) is 0 Å². The SMILES string of the molecule is COc1cc(C2=NN(C(C)=O)[C@@H](c3ccc(C)cc3)O2)cc(OC)c1OC. The number of benzene rings is 2. The van der Waals surface area contributed by atoms with Gasteiger partial charge in [0.25, 0.3) is 0 Å². The highest BCUT2D eigenvalue weighted by atomic mass is 16.5. The third-order valence-corrected chi connectivity index (χ3v) is 4.24. The van der Waals surface area contributed by atoms with Crippen LogP contribution in [0.5, 0.6) is 17.2 Å². The molecule has 1 atom stereocenters. The summed E-state index contributed by atoms with van der Waals surface area (Å²) in [6.45, 7) is 3.45. The van der Waals surface area contributed by atoms with Gasteiger partial charge in [-0.2, -0.15) is 5.01 Å². The van der Waals surface area contributed by atoms with Crippen LogP contribution in [0, 0.1) is 6.92 Å². The number of amides is 1. The van der Waals surface area contributed by atoms with Crippen molar-refractivity contribution in [3.8, 4) is 17.2 Å². The van der Waals surface area contributed by atoms with E-state index < -0.39 is 6.23 Å². The minimum Gasteiger partial charge on any atom is -0.493 e. The Morgan fingerprint density at radius 1 is 1.04 bits per heavy atom. The first-order valence-corrected chi connectivity index (χ1v) is 8.40. The molecule has 0 saturated carbocycles. The zero-order chi connectivity index (χ0) is 19.6. The largest absolute Gasteiger partial charge is 0.493 e. The number of methoxy groups -OCH3 is 3. The topological polar surface area (TPSA) is 69.6 Å². The van der Waals surface area contributed by atoms with Gasteiger partial charge in [0.1, 0.15) is 0 Å². The van der Waals surface area contributed by atoms with E-state index in [9.17, 15) is 4.79 Å². The number of aryl methyl sites for hydroxylation is 1. The molecule has 0 bridgehead atoms. The van der Waals surface area contributed by atoms with Gasteiger partial charge in [-0.15, -0.1) is 5.10 Å². The van der Waals surface area contributed by atoms with E-state index in [1.165, 1.54) is 33.3 Å². The summed E-state index contributed by atoms with van der Waals surface area (Å²) in [5.74, 6) is 1.51. The van der Waals surface area contributed by atoms with Crippen LogP contribution in [0.2, 0.25) is 0 Å². The molecular weight excluding hydrogens is 348 g/mol. The zero-order valence-corrected chi connectivity index (χ0v) is 16.0. The lowest BCUT2D eigenvalue weighted by Gasteiger charge is -2.19. The second kappa shape index (κ2) is 7.57. The third kappa shape index (κ3) is 3.53. The Kier molecular flexibility index (Phi) is 5.21. The number of rotatable bonds is 5. The molecule has 0 fully saturated rings. The molecule has 2 aromatic carbocycles. The van der Waals surface area contributed by atoms with Crippen molar-refractivity contribution in [3.63, 3.8) is 0 Å². The Hall–Kier alpha value is -3.22. The van der Waals surface area contributed by atoms with Crippen LogP contribution in [0.1, 0.15) is 29.8 Å². The van der Waals surface area contributed by atoms with Crippen LogP contribution in [0.4, 0.5) is 0 Å². The fourth-order valence-electron chi connectivity index (χ4n) is 2.84. The molecule has 0 radical (unpaired) electrons. The Labute approximate surface area is 158 Å². The van der Waals surface area contributed by atoms with Gasteiger partial charge >= 0.3 is 0 Å². The van der Waals surface area contributed by atoms with E-state index in [-0.39, 0.29) is 5.91 Å². The summed E-state index contributed by atoms with van der Waals surface area (Å²) in [6.07, 6.45) is -0.628. The zero-order valence-electron chi connectivity index (χ0n) is 16.0. The van der Waals surface area contributed by atoms with E-state index in [2.05, 4.69) is 5.10 Å². The molecule has 3 rings (SSSR count). The van der Waals surface area contributed by atoms with Crippen LogP contribution in [-0.2, 0) is 9.53 Å². The number of carbonyl (C=O) groups is 1. The molecule has 1 aliphatic rings. The van der Waals surface area contributed by atoms with Crippen molar-refractivity contribution in [1.29, 1.82) is 0 Å². The van der Waals surface area contributed by atoms with Crippen molar-refractivity contribution in [3.05, 3.63) is 53.1 Å². The highest BCUT2D eigenvalue weighted by molar-refractivity contribution is 5.97. The summed E-state index contributed by atoms with van der Waals surface area (Å²) in [7, 11) is 4.61. The third-order valence-electron chi connectivity index (χ3n) is 4.24. The Morgan fingerprint density at radius 2 is 1.63 bits per heavy atom. The second-order valence-corrected chi connectivity index (χ2v) is 6.06. The quantitative estimate of drug-likeness (QED) is 0.808. The molecule has 0 aliphatic carbocycles. The first kappa shape index (κ1) is 18.6. The average molecular weight is 370 g/mol. The predicted octanol–water partition coefficient (Wildman–Crippen LogP) is 3.26. The molecule has 0 N–H and O–H groups in total. The van der Waals surface area contributed by atoms with E-state index in [1.54, 1.807) is 12.1 Å². The van der Waals surface area contributed by atoms with Crippen molar-refractivity contribution in [1.82, 2.24) is 5.01 Å². The number of hydrogen-bond donors (Lipinski definition) is 0. The minimum atomic E-state index is -0.628.